The number of rotatable bonds is 6. The molecule has 1 aromatic carbocycles. The monoisotopic (exact) mass is 397 g/mol. The zero-order valence-electron chi connectivity index (χ0n) is 15.7. The number of piperidine rings is 1. The van der Waals surface area contributed by atoms with Crippen LogP contribution >= 0.6 is 0 Å². The first-order chi connectivity index (χ1) is 14.2. The Kier molecular flexibility index (Phi) is 5.90. The minimum absolute atomic E-state index is 0.164. The number of nitrogens with one attached hydrogen (secondary N) is 2. The van der Waals surface area contributed by atoms with E-state index in [0.29, 0.717) is 17.6 Å². The van der Waals surface area contributed by atoms with Gasteiger partial charge in [-0.3, -0.25) is 0 Å². The number of alkyl halides is 2. The average molecular weight is 397 g/mol. The van der Waals surface area contributed by atoms with E-state index in [0.717, 1.165) is 42.9 Å². The Balaban J connectivity index is 1.66. The molecule has 1 saturated heterocycles. The first-order valence-corrected chi connectivity index (χ1v) is 9.50. The number of ether oxygens (including phenoxy) is 1. The molecule has 0 saturated carbocycles. The first kappa shape index (κ1) is 19.2. The van der Waals surface area contributed by atoms with E-state index in [1.54, 1.807) is 6.07 Å². The third kappa shape index (κ3) is 5.03. The van der Waals surface area contributed by atoms with Crippen molar-refractivity contribution in [3.8, 4) is 17.1 Å². The van der Waals surface area contributed by atoms with E-state index in [-0.39, 0.29) is 5.88 Å². The summed E-state index contributed by atoms with van der Waals surface area (Å²) in [6.07, 6.45) is 3.41. The molecule has 0 radical (unpaired) electrons. The van der Waals surface area contributed by atoms with Gasteiger partial charge in [-0.1, -0.05) is 30.3 Å². The van der Waals surface area contributed by atoms with Crippen molar-refractivity contribution in [1.29, 1.82) is 0 Å². The summed E-state index contributed by atoms with van der Waals surface area (Å²) in [4.78, 5) is 13.1. The predicted molar refractivity (Wildman–Crippen MR) is 106 cm³/mol. The van der Waals surface area contributed by atoms with Crippen LogP contribution in [0, 0.1) is 0 Å². The molecule has 3 aromatic rings. The van der Waals surface area contributed by atoms with Crippen LogP contribution in [0.5, 0.6) is 5.88 Å². The van der Waals surface area contributed by atoms with E-state index in [4.69, 9.17) is 4.98 Å². The van der Waals surface area contributed by atoms with E-state index >= 15 is 0 Å². The number of anilines is 2. The number of hydrogen-bond acceptors (Lipinski definition) is 6. The summed E-state index contributed by atoms with van der Waals surface area (Å²) in [7, 11) is 0. The quantitative estimate of drug-likeness (QED) is 0.644. The lowest BCUT2D eigenvalue weighted by atomic mass is 9.93. The fourth-order valence-electron chi connectivity index (χ4n) is 3.38. The molecule has 29 heavy (non-hydrogen) atoms. The van der Waals surface area contributed by atoms with Crippen LogP contribution in [0.4, 0.5) is 20.4 Å². The van der Waals surface area contributed by atoms with Crippen molar-refractivity contribution in [1.82, 2.24) is 20.3 Å². The zero-order valence-corrected chi connectivity index (χ0v) is 15.7. The van der Waals surface area contributed by atoms with Crippen molar-refractivity contribution in [3.05, 3.63) is 60.4 Å². The highest BCUT2D eigenvalue weighted by atomic mass is 19.3. The molecule has 6 nitrogen and oxygen atoms in total. The lowest BCUT2D eigenvalue weighted by Crippen LogP contribution is -2.27. The van der Waals surface area contributed by atoms with Crippen molar-refractivity contribution < 1.29 is 13.5 Å². The molecule has 4 rings (SSSR count). The van der Waals surface area contributed by atoms with E-state index in [9.17, 15) is 8.78 Å². The lowest BCUT2D eigenvalue weighted by Gasteiger charge is -2.23. The maximum absolute atomic E-state index is 12.5. The Morgan fingerprint density at radius 1 is 1.03 bits per heavy atom. The van der Waals surface area contributed by atoms with Crippen LogP contribution in [0.3, 0.4) is 0 Å². The van der Waals surface area contributed by atoms with Crippen LogP contribution in [-0.2, 0) is 0 Å². The molecule has 0 aliphatic carbocycles. The zero-order chi connectivity index (χ0) is 20.1. The molecule has 0 atom stereocenters. The van der Waals surface area contributed by atoms with Gasteiger partial charge in [0.05, 0.1) is 5.69 Å². The van der Waals surface area contributed by atoms with Gasteiger partial charge in [0.25, 0.3) is 0 Å². The van der Waals surface area contributed by atoms with Gasteiger partial charge in [-0.25, -0.2) is 15.0 Å². The molecule has 1 aliphatic rings. The van der Waals surface area contributed by atoms with Crippen molar-refractivity contribution in [2.45, 2.75) is 25.4 Å². The second kappa shape index (κ2) is 8.91. The molecule has 2 N–H and O–H groups in total. The van der Waals surface area contributed by atoms with Crippen LogP contribution in [0.25, 0.3) is 11.3 Å². The summed E-state index contributed by atoms with van der Waals surface area (Å²) >= 11 is 0. The van der Waals surface area contributed by atoms with Crippen molar-refractivity contribution in [2.75, 3.05) is 18.4 Å². The minimum Gasteiger partial charge on any atom is -0.417 e. The van der Waals surface area contributed by atoms with Crippen molar-refractivity contribution in [2.24, 2.45) is 0 Å². The molecule has 150 valence electrons. The van der Waals surface area contributed by atoms with Crippen LogP contribution < -0.4 is 15.4 Å². The second-order valence-corrected chi connectivity index (χ2v) is 6.78. The van der Waals surface area contributed by atoms with Crippen LogP contribution in [0.2, 0.25) is 0 Å². The fourth-order valence-corrected chi connectivity index (χ4v) is 3.38. The largest absolute Gasteiger partial charge is 0.417 e. The first-order valence-electron chi connectivity index (χ1n) is 9.50. The maximum Gasteiger partial charge on any atom is 0.388 e. The van der Waals surface area contributed by atoms with Gasteiger partial charge in [0.15, 0.2) is 0 Å². The van der Waals surface area contributed by atoms with Gasteiger partial charge >= 0.3 is 6.61 Å². The van der Waals surface area contributed by atoms with Gasteiger partial charge in [0, 0.05) is 35.1 Å². The lowest BCUT2D eigenvalue weighted by molar-refractivity contribution is -0.0527. The van der Waals surface area contributed by atoms with E-state index in [1.807, 2.05) is 36.4 Å². The highest BCUT2D eigenvalue weighted by Gasteiger charge is 2.19. The molecular formula is C21H21F2N5O. The number of hydrogen-bond donors (Lipinski definition) is 2. The molecular weight excluding hydrogens is 376 g/mol. The number of nitrogens with zero attached hydrogens (tertiary/aromatic N) is 3. The summed E-state index contributed by atoms with van der Waals surface area (Å²) in [6.45, 7) is -1.02. The van der Waals surface area contributed by atoms with Crippen LogP contribution in [-0.4, -0.2) is 34.7 Å². The molecule has 0 unspecified atom stereocenters. The Morgan fingerprint density at radius 2 is 1.83 bits per heavy atom. The van der Waals surface area contributed by atoms with Gasteiger partial charge in [-0.15, -0.1) is 0 Å². The molecule has 1 aliphatic heterocycles. The molecule has 3 heterocycles. The molecule has 0 spiro atoms. The third-order valence-corrected chi connectivity index (χ3v) is 4.77. The molecule has 8 heteroatoms. The van der Waals surface area contributed by atoms with E-state index in [1.165, 1.54) is 12.3 Å². The summed E-state index contributed by atoms with van der Waals surface area (Å²) in [5.41, 5.74) is 3.30. The summed E-state index contributed by atoms with van der Waals surface area (Å²) in [6, 6.07) is 15.0. The smallest absolute Gasteiger partial charge is 0.388 e. The Morgan fingerprint density at radius 3 is 2.59 bits per heavy atom. The van der Waals surface area contributed by atoms with Gasteiger partial charge < -0.3 is 15.4 Å². The Bertz CT molecular complexity index is 949. The standard InChI is InChI=1S/C21H21F2N5O/c22-20(23)29-19-12-16(8-11-25-19)26-21-27-17(14-4-2-1-3-5-14)13-18(28-21)15-6-9-24-10-7-15/h1-5,8,11-13,15,20,24H,6-7,9-10H2,(H,25,26,27,28). The normalized spacial score (nSPS) is 14.7. The number of halogens is 2. The topological polar surface area (TPSA) is 72.0 Å². The third-order valence-electron chi connectivity index (χ3n) is 4.77. The molecule has 0 amide bonds. The number of pyridine rings is 1. The average Bonchev–Trinajstić information content (AvgIpc) is 2.74. The van der Waals surface area contributed by atoms with E-state index in [2.05, 4.69) is 25.3 Å². The maximum atomic E-state index is 12.5. The minimum atomic E-state index is -2.93. The van der Waals surface area contributed by atoms with Crippen molar-refractivity contribution >= 4 is 11.6 Å². The van der Waals surface area contributed by atoms with Gasteiger partial charge in [0.1, 0.15) is 0 Å². The number of benzene rings is 1. The van der Waals surface area contributed by atoms with Crippen LogP contribution in [0.1, 0.15) is 24.5 Å². The Hall–Kier alpha value is -3.13. The van der Waals surface area contributed by atoms with Gasteiger partial charge in [0.2, 0.25) is 11.8 Å². The van der Waals surface area contributed by atoms with Crippen LogP contribution in [0.15, 0.2) is 54.7 Å². The predicted octanol–water partition coefficient (Wildman–Crippen LogP) is 4.35. The highest BCUT2D eigenvalue weighted by Crippen LogP contribution is 2.29. The van der Waals surface area contributed by atoms with Crippen molar-refractivity contribution in [3.63, 3.8) is 0 Å². The fraction of sp³-hybridized carbons (Fsp3) is 0.286. The molecule has 1 fully saturated rings. The Labute approximate surface area is 167 Å². The van der Waals surface area contributed by atoms with E-state index < -0.39 is 6.61 Å². The highest BCUT2D eigenvalue weighted by molar-refractivity contribution is 5.63. The molecule has 0 bridgehead atoms. The molecule has 2 aromatic heterocycles. The SMILES string of the molecule is FC(F)Oc1cc(Nc2nc(-c3ccccc3)cc(C3CCNCC3)n2)ccn1. The van der Waals surface area contributed by atoms with Gasteiger partial charge in [-0.05, 0) is 38.1 Å². The second-order valence-electron chi connectivity index (χ2n) is 6.78. The van der Waals surface area contributed by atoms with Gasteiger partial charge in [-0.2, -0.15) is 8.78 Å². The number of aromatic nitrogens is 3. The summed E-state index contributed by atoms with van der Waals surface area (Å²) in [5.74, 6) is 0.592. The summed E-state index contributed by atoms with van der Waals surface area (Å²) in [5, 5.41) is 6.47. The summed E-state index contributed by atoms with van der Waals surface area (Å²) < 4.78 is 29.3.